The molecule has 5 rings (SSSR count). The lowest BCUT2D eigenvalue weighted by molar-refractivity contribution is 0.0946. The van der Waals surface area contributed by atoms with Crippen LogP contribution in [0.4, 0.5) is 10.2 Å². The van der Waals surface area contributed by atoms with Crippen molar-refractivity contribution in [1.82, 2.24) is 29.8 Å². The molecule has 0 aliphatic carbocycles. The molecular formula is C27H27FN8O2. The van der Waals surface area contributed by atoms with Crippen molar-refractivity contribution in [3.8, 4) is 17.3 Å². The summed E-state index contributed by atoms with van der Waals surface area (Å²) in [6, 6.07) is 15.6. The van der Waals surface area contributed by atoms with Gasteiger partial charge < -0.3 is 20.2 Å². The molecule has 38 heavy (non-hydrogen) atoms. The largest absolute Gasteiger partial charge is 0.390 e. The maximum Gasteiger partial charge on any atom is 0.270 e. The van der Waals surface area contributed by atoms with Crippen LogP contribution < -0.4 is 10.2 Å². The molecule has 1 aliphatic heterocycles. The van der Waals surface area contributed by atoms with Gasteiger partial charge in [0.25, 0.3) is 5.91 Å². The average molecular weight is 515 g/mol. The number of alkyl halides is 1. The topological polar surface area (TPSA) is 123 Å². The number of anilines is 1. The second-order valence-corrected chi connectivity index (χ2v) is 9.21. The Kier molecular flexibility index (Phi) is 7.26. The molecule has 0 saturated carbocycles. The van der Waals surface area contributed by atoms with Gasteiger partial charge in [0.05, 0.1) is 35.7 Å². The molecule has 3 aromatic heterocycles. The van der Waals surface area contributed by atoms with Crippen LogP contribution in [0, 0.1) is 11.3 Å². The number of amides is 1. The van der Waals surface area contributed by atoms with Crippen molar-refractivity contribution < 1.29 is 14.3 Å². The zero-order valence-electron chi connectivity index (χ0n) is 20.9. The van der Waals surface area contributed by atoms with Gasteiger partial charge in [-0.25, -0.2) is 9.37 Å². The molecule has 1 aromatic carbocycles. The fourth-order valence-corrected chi connectivity index (χ4v) is 4.62. The SMILES string of the molecule is CN1CCN(c2cc(C(=O)NCc3ccc(C#N)cc3)nc3cc(-c4cccnc4CO)nn23)[C@H](CF)C1. The Morgan fingerprint density at radius 1 is 1.24 bits per heavy atom. The Morgan fingerprint density at radius 2 is 2.05 bits per heavy atom. The van der Waals surface area contributed by atoms with E-state index in [1.807, 2.05) is 18.0 Å². The summed E-state index contributed by atoms with van der Waals surface area (Å²) in [6.45, 7) is 1.27. The maximum absolute atomic E-state index is 14.1. The van der Waals surface area contributed by atoms with Crippen LogP contribution in [-0.2, 0) is 13.2 Å². The van der Waals surface area contributed by atoms with Crippen LogP contribution in [0.3, 0.4) is 0 Å². The molecule has 0 spiro atoms. The number of aromatic nitrogens is 4. The number of nitriles is 1. The number of aliphatic hydroxyl groups excluding tert-OH is 1. The molecule has 4 aromatic rings. The van der Waals surface area contributed by atoms with Gasteiger partial charge in [-0.15, -0.1) is 0 Å². The zero-order chi connectivity index (χ0) is 26.6. The minimum absolute atomic E-state index is 0.178. The van der Waals surface area contributed by atoms with E-state index in [0.29, 0.717) is 47.1 Å². The number of hydrogen-bond donors (Lipinski definition) is 2. The fraction of sp³-hybridized carbons (Fsp3) is 0.296. The molecule has 0 radical (unpaired) electrons. The molecule has 1 saturated heterocycles. The number of hydrogen-bond acceptors (Lipinski definition) is 8. The summed E-state index contributed by atoms with van der Waals surface area (Å²) < 4.78 is 15.7. The molecule has 0 unspecified atom stereocenters. The summed E-state index contributed by atoms with van der Waals surface area (Å²) >= 11 is 0. The summed E-state index contributed by atoms with van der Waals surface area (Å²) in [6.07, 6.45) is 1.60. The Morgan fingerprint density at radius 3 is 2.79 bits per heavy atom. The molecular weight excluding hydrogens is 487 g/mol. The smallest absolute Gasteiger partial charge is 0.270 e. The number of halogens is 1. The number of pyridine rings is 1. The lowest BCUT2D eigenvalue weighted by atomic mass is 10.1. The Balaban J connectivity index is 1.54. The van der Waals surface area contributed by atoms with Crippen molar-refractivity contribution in [2.24, 2.45) is 0 Å². The molecule has 1 aliphatic rings. The molecule has 11 heteroatoms. The maximum atomic E-state index is 14.1. The van der Waals surface area contributed by atoms with Gasteiger partial charge in [0, 0.05) is 50.1 Å². The number of piperazine rings is 1. The summed E-state index contributed by atoms with van der Waals surface area (Å²) in [5, 5.41) is 26.4. The quantitative estimate of drug-likeness (QED) is 0.385. The van der Waals surface area contributed by atoms with Crippen molar-refractivity contribution in [3.05, 3.63) is 77.2 Å². The number of aliphatic hydroxyl groups is 1. The second kappa shape index (κ2) is 10.9. The van der Waals surface area contributed by atoms with E-state index in [0.717, 1.165) is 12.1 Å². The average Bonchev–Trinajstić information content (AvgIpc) is 3.40. The van der Waals surface area contributed by atoms with Gasteiger partial charge in [-0.05, 0) is 36.9 Å². The molecule has 1 atom stereocenters. The van der Waals surface area contributed by atoms with E-state index in [1.165, 1.54) is 0 Å². The van der Waals surface area contributed by atoms with E-state index < -0.39 is 12.7 Å². The fourth-order valence-electron chi connectivity index (χ4n) is 4.62. The highest BCUT2D eigenvalue weighted by atomic mass is 19.1. The van der Waals surface area contributed by atoms with E-state index in [1.54, 1.807) is 53.2 Å². The first-order valence-electron chi connectivity index (χ1n) is 12.2. The van der Waals surface area contributed by atoms with Crippen LogP contribution in [0.15, 0.2) is 54.7 Å². The number of likely N-dealkylation sites (N-methyl/N-ethyl adjacent to an activating group) is 1. The number of carbonyl (C=O) groups excluding carboxylic acids is 1. The van der Waals surface area contributed by atoms with Crippen LogP contribution in [0.2, 0.25) is 0 Å². The Hall–Kier alpha value is -4.40. The number of nitrogens with zero attached hydrogens (tertiary/aromatic N) is 7. The van der Waals surface area contributed by atoms with E-state index in [9.17, 15) is 14.3 Å². The van der Waals surface area contributed by atoms with E-state index >= 15 is 0 Å². The third-order valence-corrected chi connectivity index (χ3v) is 6.65. The van der Waals surface area contributed by atoms with Crippen molar-refractivity contribution in [3.63, 3.8) is 0 Å². The van der Waals surface area contributed by atoms with Crippen LogP contribution in [0.5, 0.6) is 0 Å². The Bertz CT molecular complexity index is 1500. The molecule has 1 fully saturated rings. The van der Waals surface area contributed by atoms with Crippen LogP contribution in [0.25, 0.3) is 16.9 Å². The second-order valence-electron chi connectivity index (χ2n) is 9.21. The number of carbonyl (C=O) groups is 1. The standard InChI is InChI=1S/C27H27FN8O2/c1-34-9-10-35(20(13-28)16-34)26-12-23(27(38)31-15-19-6-4-18(14-29)5-7-19)32-25-11-22(33-36(25)26)21-3-2-8-30-24(21)17-37/h2-8,11-12,20,37H,9-10,13,15-17H2,1H3,(H,31,38)/t20-/m1/s1. The van der Waals surface area contributed by atoms with Crippen molar-refractivity contribution in [2.75, 3.05) is 38.3 Å². The first-order chi connectivity index (χ1) is 18.5. The highest BCUT2D eigenvalue weighted by molar-refractivity contribution is 5.93. The summed E-state index contributed by atoms with van der Waals surface area (Å²) in [5.41, 5.74) is 3.65. The van der Waals surface area contributed by atoms with Crippen LogP contribution in [0.1, 0.15) is 27.3 Å². The van der Waals surface area contributed by atoms with Crippen molar-refractivity contribution in [2.45, 2.75) is 19.2 Å². The van der Waals surface area contributed by atoms with Crippen LogP contribution >= 0.6 is 0 Å². The first-order valence-corrected chi connectivity index (χ1v) is 12.2. The zero-order valence-corrected chi connectivity index (χ0v) is 20.9. The summed E-state index contributed by atoms with van der Waals surface area (Å²) in [7, 11) is 1.95. The van der Waals surface area contributed by atoms with Gasteiger partial charge in [0.15, 0.2) is 5.65 Å². The van der Waals surface area contributed by atoms with E-state index in [2.05, 4.69) is 26.3 Å². The third kappa shape index (κ3) is 5.04. The van der Waals surface area contributed by atoms with E-state index in [-0.39, 0.29) is 24.8 Å². The lowest BCUT2D eigenvalue weighted by Crippen LogP contribution is -2.53. The predicted octanol–water partition coefficient (Wildman–Crippen LogP) is 2.18. The Labute approximate surface area is 219 Å². The van der Waals surface area contributed by atoms with Gasteiger partial charge in [0.2, 0.25) is 0 Å². The minimum atomic E-state index is -0.556. The van der Waals surface area contributed by atoms with Crippen molar-refractivity contribution in [1.29, 1.82) is 5.26 Å². The van der Waals surface area contributed by atoms with Gasteiger partial charge in [-0.1, -0.05) is 12.1 Å². The number of fused-ring (bicyclic) bond motifs is 1. The molecule has 0 bridgehead atoms. The van der Waals surface area contributed by atoms with Gasteiger partial charge >= 0.3 is 0 Å². The third-order valence-electron chi connectivity index (χ3n) is 6.65. The number of nitrogens with one attached hydrogen (secondary N) is 1. The summed E-state index contributed by atoms with van der Waals surface area (Å²) in [4.78, 5) is 26.0. The molecule has 2 N–H and O–H groups in total. The van der Waals surface area contributed by atoms with Gasteiger partial charge in [-0.3, -0.25) is 9.78 Å². The van der Waals surface area contributed by atoms with Gasteiger partial charge in [0.1, 0.15) is 18.2 Å². The highest BCUT2D eigenvalue weighted by Crippen LogP contribution is 2.27. The minimum Gasteiger partial charge on any atom is -0.390 e. The van der Waals surface area contributed by atoms with Crippen LogP contribution in [-0.4, -0.2) is 74.9 Å². The molecule has 4 heterocycles. The number of benzene rings is 1. The first kappa shape index (κ1) is 25.3. The van der Waals surface area contributed by atoms with Crippen molar-refractivity contribution >= 4 is 17.4 Å². The lowest BCUT2D eigenvalue weighted by Gasteiger charge is -2.40. The van der Waals surface area contributed by atoms with Gasteiger partial charge in [-0.2, -0.15) is 14.9 Å². The monoisotopic (exact) mass is 514 g/mol. The molecule has 194 valence electrons. The normalized spacial score (nSPS) is 15.9. The molecule has 1 amide bonds. The highest BCUT2D eigenvalue weighted by Gasteiger charge is 2.29. The van der Waals surface area contributed by atoms with E-state index in [4.69, 9.17) is 10.4 Å². The summed E-state index contributed by atoms with van der Waals surface area (Å²) in [5.74, 6) is 0.180. The predicted molar refractivity (Wildman–Crippen MR) is 139 cm³/mol. The number of rotatable bonds is 7. The molecule has 10 nitrogen and oxygen atoms in total.